The van der Waals surface area contributed by atoms with Gasteiger partial charge in [-0.3, -0.25) is 0 Å². The Labute approximate surface area is 142 Å². The molecule has 2 aromatic rings. The van der Waals surface area contributed by atoms with Gasteiger partial charge >= 0.3 is 0 Å². The van der Waals surface area contributed by atoms with Crippen LogP contribution in [0, 0.1) is 6.92 Å². The highest BCUT2D eigenvalue weighted by molar-refractivity contribution is 7.99. The third-order valence-corrected chi connectivity index (χ3v) is 5.33. The van der Waals surface area contributed by atoms with E-state index in [4.69, 9.17) is 44.3 Å². The van der Waals surface area contributed by atoms with E-state index in [1.807, 2.05) is 26.0 Å². The van der Waals surface area contributed by atoms with Crippen molar-refractivity contribution in [2.75, 3.05) is 6.61 Å². The Bertz CT molecular complexity index is 732. The molecule has 0 saturated carbocycles. The van der Waals surface area contributed by atoms with Gasteiger partial charge in [-0.15, -0.1) is 0 Å². The van der Waals surface area contributed by atoms with Gasteiger partial charge in [0.15, 0.2) is 0 Å². The van der Waals surface area contributed by atoms with Crippen molar-refractivity contribution in [1.29, 1.82) is 0 Å². The Morgan fingerprint density at radius 3 is 2.57 bits per heavy atom. The predicted octanol–water partition coefficient (Wildman–Crippen LogP) is 6.61. The van der Waals surface area contributed by atoms with E-state index in [1.165, 1.54) is 0 Å². The summed E-state index contributed by atoms with van der Waals surface area (Å²) in [5.74, 6) is 2.07. The van der Waals surface area contributed by atoms with Crippen LogP contribution in [0.3, 0.4) is 0 Å². The number of rotatable bonds is 2. The average molecular weight is 362 g/mol. The van der Waals surface area contributed by atoms with Gasteiger partial charge in [-0.05, 0) is 26.0 Å². The Morgan fingerprint density at radius 1 is 1.10 bits per heavy atom. The fraction of sp³-hybridized carbons (Fsp3) is 0.200. The molecule has 0 radical (unpaired) electrons. The molecule has 0 amide bonds. The van der Waals surface area contributed by atoms with Gasteiger partial charge in [0.05, 0.1) is 31.5 Å². The van der Waals surface area contributed by atoms with Gasteiger partial charge in [0, 0.05) is 11.6 Å². The minimum absolute atomic E-state index is 0.511. The molecule has 110 valence electrons. The number of halogens is 3. The molecule has 0 saturated heterocycles. The molecule has 0 unspecified atom stereocenters. The van der Waals surface area contributed by atoms with Crippen LogP contribution in [0.25, 0.3) is 0 Å². The summed E-state index contributed by atoms with van der Waals surface area (Å²) < 4.78 is 11.5. The van der Waals surface area contributed by atoms with Gasteiger partial charge < -0.3 is 9.47 Å². The minimum atomic E-state index is 0.511. The molecule has 0 spiro atoms. The molecule has 1 heterocycles. The first kappa shape index (κ1) is 15.2. The van der Waals surface area contributed by atoms with E-state index in [1.54, 1.807) is 17.8 Å². The average Bonchev–Trinajstić information content (AvgIpc) is 2.45. The third-order valence-electron chi connectivity index (χ3n) is 3.09. The van der Waals surface area contributed by atoms with Crippen LogP contribution >= 0.6 is 46.6 Å². The van der Waals surface area contributed by atoms with Gasteiger partial charge in [0.2, 0.25) is 0 Å². The normalized spacial score (nSPS) is 12.4. The monoisotopic (exact) mass is 360 g/mol. The lowest BCUT2D eigenvalue weighted by molar-refractivity contribution is 0.338. The third kappa shape index (κ3) is 2.68. The van der Waals surface area contributed by atoms with Crippen molar-refractivity contribution in [3.8, 4) is 17.2 Å². The topological polar surface area (TPSA) is 18.5 Å². The SMILES string of the molecule is CCOc1cc2c(cc1Cl)Oc1c(cc(Cl)c(Cl)c1C)S2. The molecule has 2 nitrogen and oxygen atoms in total. The van der Waals surface area contributed by atoms with Crippen molar-refractivity contribution < 1.29 is 9.47 Å². The summed E-state index contributed by atoms with van der Waals surface area (Å²) in [4.78, 5) is 1.87. The Hall–Kier alpha value is -0.740. The van der Waals surface area contributed by atoms with Crippen molar-refractivity contribution in [3.63, 3.8) is 0 Å². The van der Waals surface area contributed by atoms with Crippen LogP contribution in [-0.2, 0) is 0 Å². The summed E-state index contributed by atoms with van der Waals surface area (Å²) in [6.07, 6.45) is 0. The number of hydrogen-bond donors (Lipinski definition) is 0. The van der Waals surface area contributed by atoms with Crippen LogP contribution in [0.15, 0.2) is 28.0 Å². The van der Waals surface area contributed by atoms with Crippen molar-refractivity contribution in [2.45, 2.75) is 23.6 Å². The zero-order valence-corrected chi connectivity index (χ0v) is 14.4. The molecule has 3 rings (SSSR count). The number of benzene rings is 2. The number of fused-ring (bicyclic) bond motifs is 2. The van der Waals surface area contributed by atoms with E-state index < -0.39 is 0 Å². The molecule has 1 aliphatic heterocycles. The Morgan fingerprint density at radius 2 is 1.86 bits per heavy atom. The standard InChI is InChI=1S/C15H11Cl3O2S/c1-3-19-10-6-12-11(4-8(10)16)20-15-7(2)14(18)9(17)5-13(15)21-12/h4-6H,3H2,1-2H3. The Kier molecular flexibility index (Phi) is 4.19. The molecule has 0 N–H and O–H groups in total. The van der Waals surface area contributed by atoms with Crippen LogP contribution in [0.5, 0.6) is 17.2 Å². The summed E-state index contributed by atoms with van der Waals surface area (Å²) in [6.45, 7) is 4.36. The summed E-state index contributed by atoms with van der Waals surface area (Å²) in [6, 6.07) is 5.46. The maximum Gasteiger partial charge on any atom is 0.145 e. The van der Waals surface area contributed by atoms with Gasteiger partial charge in [0.1, 0.15) is 17.2 Å². The van der Waals surface area contributed by atoms with E-state index in [0.717, 1.165) is 21.1 Å². The summed E-state index contributed by atoms with van der Waals surface area (Å²) in [5, 5.41) is 1.56. The molecule has 0 aromatic heterocycles. The lowest BCUT2D eigenvalue weighted by Gasteiger charge is -2.23. The molecule has 1 aliphatic rings. The highest BCUT2D eigenvalue weighted by atomic mass is 35.5. The molecule has 21 heavy (non-hydrogen) atoms. The lowest BCUT2D eigenvalue weighted by Crippen LogP contribution is -2.00. The fourth-order valence-electron chi connectivity index (χ4n) is 2.08. The summed E-state index contributed by atoms with van der Waals surface area (Å²) in [7, 11) is 0. The predicted molar refractivity (Wildman–Crippen MR) is 88.0 cm³/mol. The molecule has 0 aliphatic carbocycles. The highest BCUT2D eigenvalue weighted by Gasteiger charge is 2.24. The zero-order chi connectivity index (χ0) is 15.1. The van der Waals surface area contributed by atoms with Crippen LogP contribution < -0.4 is 9.47 Å². The number of hydrogen-bond acceptors (Lipinski definition) is 3. The molecule has 2 aromatic carbocycles. The van der Waals surface area contributed by atoms with E-state index in [2.05, 4.69) is 0 Å². The smallest absolute Gasteiger partial charge is 0.145 e. The van der Waals surface area contributed by atoms with Crippen molar-refractivity contribution in [3.05, 3.63) is 38.8 Å². The van der Waals surface area contributed by atoms with E-state index in [9.17, 15) is 0 Å². The molecule has 0 bridgehead atoms. The van der Waals surface area contributed by atoms with Crippen LogP contribution in [0.1, 0.15) is 12.5 Å². The first-order valence-corrected chi connectivity index (χ1v) is 8.27. The molecular weight excluding hydrogens is 351 g/mol. The largest absolute Gasteiger partial charge is 0.492 e. The van der Waals surface area contributed by atoms with Gasteiger partial charge in [-0.25, -0.2) is 0 Å². The second kappa shape index (κ2) is 5.81. The van der Waals surface area contributed by atoms with E-state index in [-0.39, 0.29) is 0 Å². The second-order valence-electron chi connectivity index (χ2n) is 4.49. The van der Waals surface area contributed by atoms with E-state index in [0.29, 0.717) is 33.2 Å². The first-order valence-electron chi connectivity index (χ1n) is 6.32. The van der Waals surface area contributed by atoms with Crippen molar-refractivity contribution >= 4 is 46.6 Å². The maximum atomic E-state index is 6.20. The Balaban J connectivity index is 2.08. The quantitative estimate of drug-likeness (QED) is 0.511. The van der Waals surface area contributed by atoms with Crippen molar-refractivity contribution in [1.82, 2.24) is 0 Å². The minimum Gasteiger partial charge on any atom is -0.492 e. The fourth-order valence-corrected chi connectivity index (χ4v) is 3.81. The van der Waals surface area contributed by atoms with Gasteiger partial charge in [0.25, 0.3) is 0 Å². The lowest BCUT2D eigenvalue weighted by atomic mass is 10.2. The molecule has 6 heteroatoms. The molecular formula is C15H11Cl3O2S. The maximum absolute atomic E-state index is 6.20. The zero-order valence-electron chi connectivity index (χ0n) is 11.3. The van der Waals surface area contributed by atoms with Gasteiger partial charge in [-0.1, -0.05) is 46.6 Å². The van der Waals surface area contributed by atoms with Gasteiger partial charge in [-0.2, -0.15) is 0 Å². The first-order chi connectivity index (χ1) is 10.0. The van der Waals surface area contributed by atoms with Crippen LogP contribution in [0.4, 0.5) is 0 Å². The summed E-state index contributed by atoms with van der Waals surface area (Å²) >= 11 is 20.1. The van der Waals surface area contributed by atoms with Crippen LogP contribution in [-0.4, -0.2) is 6.61 Å². The molecule has 0 fully saturated rings. The van der Waals surface area contributed by atoms with Crippen LogP contribution in [0.2, 0.25) is 15.1 Å². The van der Waals surface area contributed by atoms with E-state index >= 15 is 0 Å². The summed E-state index contributed by atoms with van der Waals surface area (Å²) in [5.41, 5.74) is 0.822. The number of ether oxygens (including phenoxy) is 2. The molecule has 0 atom stereocenters. The highest BCUT2D eigenvalue weighted by Crippen LogP contribution is 2.53. The van der Waals surface area contributed by atoms with Crippen molar-refractivity contribution in [2.24, 2.45) is 0 Å². The second-order valence-corrected chi connectivity index (χ2v) is 6.77.